The summed E-state index contributed by atoms with van der Waals surface area (Å²) in [5.41, 5.74) is 0. The van der Waals surface area contributed by atoms with E-state index in [-0.39, 0.29) is 24.1 Å². The van der Waals surface area contributed by atoms with Gasteiger partial charge in [0.1, 0.15) is 6.04 Å². The van der Waals surface area contributed by atoms with Crippen molar-refractivity contribution in [3.05, 3.63) is 0 Å². The van der Waals surface area contributed by atoms with Gasteiger partial charge in [0.05, 0.1) is 30.7 Å². The molecule has 4 unspecified atom stereocenters. The summed E-state index contributed by atoms with van der Waals surface area (Å²) in [6.45, 7) is 4.22. The fourth-order valence-electron chi connectivity index (χ4n) is 2.59. The average molecular weight is 304 g/mol. The fraction of sp³-hybridized carbons (Fsp3) is 0.833. The fourth-order valence-corrected chi connectivity index (χ4v) is 3.75. The average Bonchev–Trinajstić information content (AvgIpc) is 2.79. The second-order valence-corrected chi connectivity index (χ2v) is 6.48. The Labute approximate surface area is 121 Å². The molecule has 2 amide bonds. The van der Waals surface area contributed by atoms with Crippen molar-refractivity contribution in [2.45, 2.75) is 37.5 Å². The summed E-state index contributed by atoms with van der Waals surface area (Å²) >= 11 is 1.46. The van der Waals surface area contributed by atoms with Crippen LogP contribution < -0.4 is 0 Å². The lowest BCUT2D eigenvalue weighted by atomic mass is 10.2. The molecular weight excluding hydrogens is 284 g/mol. The van der Waals surface area contributed by atoms with Gasteiger partial charge in [-0.2, -0.15) is 0 Å². The Kier molecular flexibility index (Phi) is 4.77. The van der Waals surface area contributed by atoms with Crippen LogP contribution >= 0.6 is 11.8 Å². The Bertz CT molecular complexity index is 394. The van der Waals surface area contributed by atoms with Crippen molar-refractivity contribution in [3.63, 3.8) is 0 Å². The SMILES string of the molecule is CC1CN(C(=O)N2C(C)SCC2C(=O)O)CC(CO)O1. The molecule has 2 N–H and O–H groups in total. The molecule has 20 heavy (non-hydrogen) atoms. The van der Waals surface area contributed by atoms with Crippen molar-refractivity contribution < 1.29 is 24.5 Å². The number of ether oxygens (including phenoxy) is 1. The number of carbonyl (C=O) groups is 2. The van der Waals surface area contributed by atoms with Gasteiger partial charge in [-0.1, -0.05) is 0 Å². The first-order chi connectivity index (χ1) is 9.43. The molecule has 0 bridgehead atoms. The molecule has 2 aliphatic rings. The van der Waals surface area contributed by atoms with E-state index in [1.165, 1.54) is 16.7 Å². The third-order valence-corrected chi connectivity index (χ3v) is 4.75. The molecular formula is C12H20N2O5S. The Morgan fingerprint density at radius 2 is 2.05 bits per heavy atom. The third kappa shape index (κ3) is 3.02. The number of aliphatic carboxylic acids is 1. The van der Waals surface area contributed by atoms with Crippen molar-refractivity contribution in [2.24, 2.45) is 0 Å². The van der Waals surface area contributed by atoms with E-state index in [1.807, 2.05) is 13.8 Å². The van der Waals surface area contributed by atoms with E-state index in [2.05, 4.69) is 0 Å². The number of aliphatic hydroxyl groups is 1. The van der Waals surface area contributed by atoms with Gasteiger partial charge in [0.25, 0.3) is 0 Å². The molecule has 2 aliphatic heterocycles. The number of hydrogen-bond acceptors (Lipinski definition) is 5. The van der Waals surface area contributed by atoms with Gasteiger partial charge in [-0.15, -0.1) is 11.8 Å². The van der Waals surface area contributed by atoms with Gasteiger partial charge in [0, 0.05) is 12.3 Å². The summed E-state index contributed by atoms with van der Waals surface area (Å²) in [6.07, 6.45) is -0.574. The molecule has 2 saturated heterocycles. The predicted molar refractivity (Wildman–Crippen MR) is 73.6 cm³/mol. The zero-order valence-corrected chi connectivity index (χ0v) is 12.4. The first-order valence-electron chi connectivity index (χ1n) is 6.62. The molecule has 0 saturated carbocycles. The number of urea groups is 1. The van der Waals surface area contributed by atoms with Crippen LogP contribution in [0.3, 0.4) is 0 Å². The predicted octanol–water partition coefficient (Wildman–Crippen LogP) is 0.0360. The number of nitrogens with zero attached hydrogens (tertiary/aromatic N) is 2. The molecule has 114 valence electrons. The zero-order chi connectivity index (χ0) is 14.9. The second-order valence-electron chi connectivity index (χ2n) is 5.13. The zero-order valence-electron chi connectivity index (χ0n) is 11.6. The van der Waals surface area contributed by atoms with Crippen molar-refractivity contribution in [1.82, 2.24) is 9.80 Å². The lowest BCUT2D eigenvalue weighted by molar-refractivity contribution is -0.141. The summed E-state index contributed by atoms with van der Waals surface area (Å²) in [7, 11) is 0. The van der Waals surface area contributed by atoms with Crippen LogP contribution in [-0.4, -0.2) is 81.1 Å². The van der Waals surface area contributed by atoms with E-state index in [9.17, 15) is 19.8 Å². The standard InChI is InChI=1S/C12H20N2O5S/c1-7-3-13(4-9(5-15)19-7)12(18)14-8(2)20-6-10(14)11(16)17/h7-10,15H,3-6H2,1-2H3,(H,16,17). The van der Waals surface area contributed by atoms with Gasteiger partial charge < -0.3 is 19.8 Å². The summed E-state index contributed by atoms with van der Waals surface area (Å²) < 4.78 is 5.50. The van der Waals surface area contributed by atoms with Crippen molar-refractivity contribution in [3.8, 4) is 0 Å². The van der Waals surface area contributed by atoms with E-state index in [0.29, 0.717) is 18.8 Å². The van der Waals surface area contributed by atoms with E-state index in [4.69, 9.17) is 4.74 Å². The minimum Gasteiger partial charge on any atom is -0.480 e. The largest absolute Gasteiger partial charge is 0.480 e. The lowest BCUT2D eigenvalue weighted by Gasteiger charge is -2.39. The van der Waals surface area contributed by atoms with E-state index >= 15 is 0 Å². The summed E-state index contributed by atoms with van der Waals surface area (Å²) in [4.78, 5) is 26.8. The van der Waals surface area contributed by atoms with Gasteiger partial charge in [0.15, 0.2) is 0 Å². The van der Waals surface area contributed by atoms with E-state index in [1.54, 1.807) is 4.90 Å². The van der Waals surface area contributed by atoms with E-state index in [0.717, 1.165) is 0 Å². The minimum absolute atomic E-state index is 0.152. The molecule has 8 heteroatoms. The summed E-state index contributed by atoms with van der Waals surface area (Å²) in [6, 6.07) is -1.07. The normalized spacial score (nSPS) is 34.4. The lowest BCUT2D eigenvalue weighted by Crippen LogP contribution is -2.57. The molecule has 0 aromatic heterocycles. The number of rotatable bonds is 2. The molecule has 2 heterocycles. The number of hydrogen-bond donors (Lipinski definition) is 2. The van der Waals surface area contributed by atoms with Crippen LogP contribution in [0.2, 0.25) is 0 Å². The molecule has 4 atom stereocenters. The maximum atomic E-state index is 12.6. The minimum atomic E-state index is -0.977. The maximum Gasteiger partial charge on any atom is 0.327 e. The number of carboxylic acids is 1. The van der Waals surface area contributed by atoms with Gasteiger partial charge in [-0.05, 0) is 13.8 Å². The molecule has 0 aliphatic carbocycles. The highest BCUT2D eigenvalue weighted by atomic mass is 32.2. The Morgan fingerprint density at radius 3 is 2.65 bits per heavy atom. The van der Waals surface area contributed by atoms with Crippen LogP contribution in [0.5, 0.6) is 0 Å². The van der Waals surface area contributed by atoms with Crippen molar-refractivity contribution in [1.29, 1.82) is 0 Å². The molecule has 0 spiro atoms. The number of aliphatic hydroxyl groups excluding tert-OH is 1. The van der Waals surface area contributed by atoms with Gasteiger partial charge in [-0.3, -0.25) is 4.90 Å². The second kappa shape index (κ2) is 6.19. The highest BCUT2D eigenvalue weighted by Crippen LogP contribution is 2.30. The molecule has 2 fully saturated rings. The molecule has 0 radical (unpaired) electrons. The van der Waals surface area contributed by atoms with Crippen LogP contribution in [0.1, 0.15) is 13.8 Å². The van der Waals surface area contributed by atoms with Crippen LogP contribution in [0.15, 0.2) is 0 Å². The van der Waals surface area contributed by atoms with Gasteiger partial charge in [0.2, 0.25) is 0 Å². The maximum absolute atomic E-state index is 12.6. The molecule has 0 aromatic rings. The number of morpholine rings is 1. The monoisotopic (exact) mass is 304 g/mol. The van der Waals surface area contributed by atoms with Gasteiger partial charge in [-0.25, -0.2) is 9.59 Å². The number of carboxylic acid groups (broad SMARTS) is 1. The topological polar surface area (TPSA) is 90.3 Å². The number of amides is 2. The quantitative estimate of drug-likeness (QED) is 0.748. The first kappa shape index (κ1) is 15.4. The molecule has 0 aromatic carbocycles. The van der Waals surface area contributed by atoms with Crippen molar-refractivity contribution >= 4 is 23.8 Å². The Morgan fingerprint density at radius 1 is 1.35 bits per heavy atom. The van der Waals surface area contributed by atoms with E-state index < -0.39 is 18.1 Å². The van der Waals surface area contributed by atoms with Gasteiger partial charge >= 0.3 is 12.0 Å². The summed E-state index contributed by atoms with van der Waals surface area (Å²) in [5.74, 6) is -0.568. The van der Waals surface area contributed by atoms with Crippen LogP contribution in [-0.2, 0) is 9.53 Å². The highest BCUT2D eigenvalue weighted by Gasteiger charge is 2.42. The Balaban J connectivity index is 2.10. The van der Waals surface area contributed by atoms with Crippen LogP contribution in [0.25, 0.3) is 0 Å². The van der Waals surface area contributed by atoms with Crippen LogP contribution in [0, 0.1) is 0 Å². The molecule has 7 nitrogen and oxygen atoms in total. The smallest absolute Gasteiger partial charge is 0.327 e. The Hall–Kier alpha value is -0.990. The highest BCUT2D eigenvalue weighted by molar-refractivity contribution is 8.00. The van der Waals surface area contributed by atoms with Crippen molar-refractivity contribution in [2.75, 3.05) is 25.4 Å². The first-order valence-corrected chi connectivity index (χ1v) is 7.67. The summed E-state index contributed by atoms with van der Waals surface area (Å²) in [5, 5.41) is 18.2. The third-order valence-electron chi connectivity index (χ3n) is 3.53. The van der Waals surface area contributed by atoms with Crippen LogP contribution in [0.4, 0.5) is 4.79 Å². The number of thioether (sulfide) groups is 1. The number of carbonyl (C=O) groups excluding carboxylic acids is 1. The molecule has 2 rings (SSSR count).